The third-order valence-corrected chi connectivity index (χ3v) is 6.21. The van der Waals surface area contributed by atoms with E-state index in [0.29, 0.717) is 17.9 Å². The Hall–Kier alpha value is -3.61. The van der Waals surface area contributed by atoms with Crippen molar-refractivity contribution in [1.82, 2.24) is 4.90 Å². The molecule has 3 aromatic carbocycles. The monoisotopic (exact) mass is 456 g/mol. The van der Waals surface area contributed by atoms with E-state index in [4.69, 9.17) is 9.15 Å². The van der Waals surface area contributed by atoms with Gasteiger partial charge in [-0.15, -0.1) is 0 Å². The highest BCUT2D eigenvalue weighted by atomic mass is 16.5. The van der Waals surface area contributed by atoms with Crippen LogP contribution in [0.1, 0.15) is 0 Å². The van der Waals surface area contributed by atoms with E-state index in [-0.39, 0.29) is 6.61 Å². The molecule has 1 aliphatic heterocycles. The second kappa shape index (κ2) is 10.1. The Bertz CT molecular complexity index is 1280. The van der Waals surface area contributed by atoms with Gasteiger partial charge in [0, 0.05) is 55.9 Å². The molecule has 1 atom stereocenters. The number of hydrogen-bond acceptors (Lipinski definition) is 6. The molecule has 0 saturated carbocycles. The molecule has 1 N–H and O–H groups in total. The smallest absolute Gasteiger partial charge is 0.336 e. The lowest BCUT2D eigenvalue weighted by atomic mass is 10.0. The number of aliphatic hydroxyl groups is 1. The number of nitrogens with zero attached hydrogens (tertiary/aromatic N) is 2. The minimum absolute atomic E-state index is 0.174. The summed E-state index contributed by atoms with van der Waals surface area (Å²) in [5, 5.41) is 11.4. The first-order valence-corrected chi connectivity index (χ1v) is 11.6. The summed E-state index contributed by atoms with van der Waals surface area (Å²) in [6.07, 6.45) is -0.610. The van der Waals surface area contributed by atoms with Crippen molar-refractivity contribution in [3.63, 3.8) is 0 Å². The fourth-order valence-corrected chi connectivity index (χ4v) is 4.46. The number of ether oxygens (including phenoxy) is 1. The fraction of sp³-hybridized carbons (Fsp3) is 0.250. The van der Waals surface area contributed by atoms with Crippen LogP contribution in [0.3, 0.4) is 0 Å². The zero-order chi connectivity index (χ0) is 23.3. The summed E-state index contributed by atoms with van der Waals surface area (Å²) in [5.41, 5.74) is 3.09. The summed E-state index contributed by atoms with van der Waals surface area (Å²) < 4.78 is 11.3. The summed E-state index contributed by atoms with van der Waals surface area (Å²) in [7, 11) is 0. The van der Waals surface area contributed by atoms with E-state index in [9.17, 15) is 9.90 Å². The number of β-amino-alcohol motifs (C(OH)–C–C–N with tert-alkyl or cyclic N) is 1. The number of fused-ring (bicyclic) bond motifs is 1. The topological polar surface area (TPSA) is 66.2 Å². The molecule has 174 valence electrons. The van der Waals surface area contributed by atoms with Crippen LogP contribution < -0.4 is 15.3 Å². The maximum atomic E-state index is 12.1. The lowest BCUT2D eigenvalue weighted by molar-refractivity contribution is 0.0663. The summed E-state index contributed by atoms with van der Waals surface area (Å²) >= 11 is 0. The van der Waals surface area contributed by atoms with Crippen molar-refractivity contribution in [1.29, 1.82) is 0 Å². The van der Waals surface area contributed by atoms with Gasteiger partial charge in [0.15, 0.2) is 0 Å². The Morgan fingerprint density at radius 3 is 2.32 bits per heavy atom. The van der Waals surface area contributed by atoms with E-state index in [2.05, 4.69) is 34.1 Å². The van der Waals surface area contributed by atoms with Crippen molar-refractivity contribution in [2.75, 3.05) is 44.2 Å². The summed E-state index contributed by atoms with van der Waals surface area (Å²) in [6, 6.07) is 27.1. The van der Waals surface area contributed by atoms with Gasteiger partial charge in [-0.25, -0.2) is 4.79 Å². The Kier molecular flexibility index (Phi) is 6.60. The highest BCUT2D eigenvalue weighted by Gasteiger charge is 2.20. The van der Waals surface area contributed by atoms with E-state index in [0.717, 1.165) is 42.7 Å². The van der Waals surface area contributed by atoms with Gasteiger partial charge < -0.3 is 19.2 Å². The molecular weight excluding hydrogens is 428 g/mol. The number of para-hydroxylation sites is 1. The molecule has 1 fully saturated rings. The Morgan fingerprint density at radius 2 is 1.59 bits per heavy atom. The molecule has 1 aliphatic rings. The van der Waals surface area contributed by atoms with Gasteiger partial charge in [0.05, 0.1) is 0 Å². The van der Waals surface area contributed by atoms with Crippen molar-refractivity contribution < 1.29 is 14.3 Å². The number of benzene rings is 3. The molecule has 6 heteroatoms. The molecule has 2 heterocycles. The Morgan fingerprint density at radius 1 is 0.882 bits per heavy atom. The standard InChI is InChI=1S/C28H28N2O4/c31-23(19-29-13-15-30(16-14-29)22-9-5-2-6-10-22)20-33-24-11-12-25-26(21-7-3-1-4-8-21)18-28(32)34-27(25)17-24/h1-12,17-18,23,31H,13-16,19-20H2. The van der Waals surface area contributed by atoms with Gasteiger partial charge in [-0.2, -0.15) is 0 Å². The molecule has 34 heavy (non-hydrogen) atoms. The molecule has 1 unspecified atom stereocenters. The largest absolute Gasteiger partial charge is 0.491 e. The molecule has 0 spiro atoms. The fourth-order valence-electron chi connectivity index (χ4n) is 4.46. The maximum absolute atomic E-state index is 12.1. The molecule has 6 nitrogen and oxygen atoms in total. The average molecular weight is 457 g/mol. The van der Waals surface area contributed by atoms with Crippen LogP contribution in [0.15, 0.2) is 94.1 Å². The number of rotatable bonds is 7. The van der Waals surface area contributed by atoms with Gasteiger partial charge in [-0.1, -0.05) is 48.5 Å². The quantitative estimate of drug-likeness (QED) is 0.424. The lowest BCUT2D eigenvalue weighted by Crippen LogP contribution is -2.49. The molecule has 0 aliphatic carbocycles. The SMILES string of the molecule is O=c1cc(-c2ccccc2)c2ccc(OCC(O)CN3CCN(c4ccccc4)CC3)cc2o1. The first-order chi connectivity index (χ1) is 16.7. The zero-order valence-electron chi connectivity index (χ0n) is 19.0. The van der Waals surface area contributed by atoms with Crippen molar-refractivity contribution in [3.05, 3.63) is 95.3 Å². The zero-order valence-corrected chi connectivity index (χ0v) is 19.0. The van der Waals surface area contributed by atoms with Crippen LogP contribution in [-0.4, -0.2) is 55.4 Å². The Balaban J connectivity index is 1.19. The van der Waals surface area contributed by atoms with E-state index in [1.54, 1.807) is 6.07 Å². The van der Waals surface area contributed by atoms with E-state index in [1.165, 1.54) is 11.8 Å². The van der Waals surface area contributed by atoms with E-state index < -0.39 is 11.7 Å². The molecule has 5 rings (SSSR count). The molecule has 1 aromatic heterocycles. The van der Waals surface area contributed by atoms with Gasteiger partial charge in [-0.3, -0.25) is 4.90 Å². The third kappa shape index (κ3) is 5.14. The van der Waals surface area contributed by atoms with Crippen LogP contribution in [0, 0.1) is 0 Å². The van der Waals surface area contributed by atoms with Gasteiger partial charge in [0.1, 0.15) is 24.0 Å². The van der Waals surface area contributed by atoms with Crippen LogP contribution in [0.25, 0.3) is 22.1 Å². The number of anilines is 1. The Labute approximate surface area is 198 Å². The van der Waals surface area contributed by atoms with Crippen LogP contribution in [0.2, 0.25) is 0 Å². The normalized spacial score (nSPS) is 15.4. The van der Waals surface area contributed by atoms with Crippen molar-refractivity contribution in [3.8, 4) is 16.9 Å². The maximum Gasteiger partial charge on any atom is 0.336 e. The lowest BCUT2D eigenvalue weighted by Gasteiger charge is -2.36. The summed E-state index contributed by atoms with van der Waals surface area (Å²) in [4.78, 5) is 16.8. The highest BCUT2D eigenvalue weighted by molar-refractivity contribution is 5.93. The minimum Gasteiger partial charge on any atom is -0.491 e. The van der Waals surface area contributed by atoms with Crippen molar-refractivity contribution in [2.24, 2.45) is 0 Å². The molecule has 4 aromatic rings. The molecular formula is C28H28N2O4. The summed E-state index contributed by atoms with van der Waals surface area (Å²) in [5.74, 6) is 0.564. The van der Waals surface area contributed by atoms with Crippen LogP contribution in [-0.2, 0) is 0 Å². The molecule has 0 amide bonds. The predicted molar refractivity (Wildman–Crippen MR) is 135 cm³/mol. The summed E-state index contributed by atoms with van der Waals surface area (Å²) in [6.45, 7) is 4.40. The second-order valence-corrected chi connectivity index (χ2v) is 8.59. The van der Waals surface area contributed by atoms with Crippen molar-refractivity contribution in [2.45, 2.75) is 6.10 Å². The average Bonchev–Trinajstić information content (AvgIpc) is 2.88. The van der Waals surface area contributed by atoms with Gasteiger partial charge in [0.2, 0.25) is 0 Å². The number of aliphatic hydroxyl groups excluding tert-OH is 1. The molecule has 0 bridgehead atoms. The molecule has 1 saturated heterocycles. The van der Waals surface area contributed by atoms with Crippen LogP contribution in [0.5, 0.6) is 5.75 Å². The van der Waals surface area contributed by atoms with Crippen LogP contribution in [0.4, 0.5) is 5.69 Å². The molecule has 0 radical (unpaired) electrons. The predicted octanol–water partition coefficient (Wildman–Crippen LogP) is 4.02. The first kappa shape index (κ1) is 22.2. The third-order valence-electron chi connectivity index (χ3n) is 6.21. The van der Waals surface area contributed by atoms with Gasteiger partial charge >= 0.3 is 5.63 Å². The highest BCUT2D eigenvalue weighted by Crippen LogP contribution is 2.29. The van der Waals surface area contributed by atoms with Crippen molar-refractivity contribution >= 4 is 16.7 Å². The van der Waals surface area contributed by atoms with E-state index in [1.807, 2.05) is 48.5 Å². The van der Waals surface area contributed by atoms with Gasteiger partial charge in [-0.05, 0) is 35.4 Å². The van der Waals surface area contributed by atoms with Gasteiger partial charge in [0.25, 0.3) is 0 Å². The van der Waals surface area contributed by atoms with E-state index >= 15 is 0 Å². The number of piperazine rings is 1. The minimum atomic E-state index is -0.610. The second-order valence-electron chi connectivity index (χ2n) is 8.59. The first-order valence-electron chi connectivity index (χ1n) is 11.6. The van der Waals surface area contributed by atoms with Crippen LogP contribution >= 0.6 is 0 Å². The number of hydrogen-bond donors (Lipinski definition) is 1.